The molecule has 3 aromatic rings. The van der Waals surface area contributed by atoms with Gasteiger partial charge in [0.05, 0.1) is 0 Å². The van der Waals surface area contributed by atoms with Crippen LogP contribution in [0.3, 0.4) is 0 Å². The number of hydrogen-bond acceptors (Lipinski definition) is 3. The minimum absolute atomic E-state index is 0.0905. The van der Waals surface area contributed by atoms with Crippen molar-refractivity contribution in [2.24, 2.45) is 0 Å². The number of hydrogen-bond donors (Lipinski definition) is 3. The lowest BCUT2D eigenvalue weighted by molar-refractivity contribution is -0.123. The van der Waals surface area contributed by atoms with Crippen LogP contribution in [0.1, 0.15) is 19.4 Å². The zero-order valence-electron chi connectivity index (χ0n) is 16.5. The number of nitrogens with one attached hydrogen (secondary N) is 3. The van der Waals surface area contributed by atoms with Gasteiger partial charge in [-0.25, -0.2) is 0 Å². The fraction of sp³-hybridized carbons (Fsp3) is 0.227. The zero-order chi connectivity index (χ0) is 20.8. The lowest BCUT2D eigenvalue weighted by Crippen LogP contribution is -2.40. The van der Waals surface area contributed by atoms with E-state index in [1.165, 1.54) is 18.7 Å². The van der Waals surface area contributed by atoms with E-state index in [1.54, 1.807) is 24.3 Å². The third-order valence-electron chi connectivity index (χ3n) is 4.55. The molecule has 1 aromatic heterocycles. The van der Waals surface area contributed by atoms with Crippen LogP contribution in [-0.2, 0) is 20.8 Å². The van der Waals surface area contributed by atoms with E-state index in [-0.39, 0.29) is 24.3 Å². The van der Waals surface area contributed by atoms with Crippen LogP contribution in [0.2, 0.25) is 0 Å². The summed E-state index contributed by atoms with van der Waals surface area (Å²) in [4.78, 5) is 40.3. The molecule has 29 heavy (non-hydrogen) atoms. The van der Waals surface area contributed by atoms with E-state index in [0.717, 1.165) is 16.5 Å². The molecule has 3 rings (SSSR count). The third kappa shape index (κ3) is 5.22. The number of anilines is 2. The molecule has 0 saturated carbocycles. The summed E-state index contributed by atoms with van der Waals surface area (Å²) in [6, 6.07) is 14.9. The average Bonchev–Trinajstić information content (AvgIpc) is 3.09. The molecule has 7 heteroatoms. The predicted molar refractivity (Wildman–Crippen MR) is 114 cm³/mol. The van der Waals surface area contributed by atoms with Crippen molar-refractivity contribution < 1.29 is 14.4 Å². The lowest BCUT2D eigenvalue weighted by Gasteiger charge is -2.21. The summed E-state index contributed by atoms with van der Waals surface area (Å²) in [6.45, 7) is 3.20. The maximum absolute atomic E-state index is 12.4. The summed E-state index contributed by atoms with van der Waals surface area (Å²) in [5.41, 5.74) is 3.32. The highest BCUT2D eigenvalue weighted by Gasteiger charge is 2.16. The molecule has 0 aliphatic rings. The van der Waals surface area contributed by atoms with E-state index in [0.29, 0.717) is 24.3 Å². The second-order valence-corrected chi connectivity index (χ2v) is 6.80. The van der Waals surface area contributed by atoms with Gasteiger partial charge in [0.15, 0.2) is 0 Å². The molecule has 7 nitrogen and oxygen atoms in total. The number of benzene rings is 2. The fourth-order valence-electron chi connectivity index (χ4n) is 3.21. The van der Waals surface area contributed by atoms with Crippen molar-refractivity contribution >= 4 is 40.0 Å². The molecule has 0 unspecified atom stereocenters. The van der Waals surface area contributed by atoms with Crippen molar-refractivity contribution in [1.29, 1.82) is 0 Å². The normalized spacial score (nSPS) is 10.6. The summed E-state index contributed by atoms with van der Waals surface area (Å²) < 4.78 is 0. The van der Waals surface area contributed by atoms with E-state index < -0.39 is 0 Å². The van der Waals surface area contributed by atoms with Crippen molar-refractivity contribution in [3.8, 4) is 0 Å². The number of rotatable bonds is 7. The minimum Gasteiger partial charge on any atom is -0.361 e. The number of nitrogens with zero attached hydrogens (tertiary/aromatic N) is 1. The number of para-hydroxylation sites is 1. The smallest absolute Gasteiger partial charge is 0.240 e. The van der Waals surface area contributed by atoms with Gasteiger partial charge >= 0.3 is 0 Å². The molecular formula is C22H24N4O3. The highest BCUT2D eigenvalue weighted by Crippen LogP contribution is 2.20. The van der Waals surface area contributed by atoms with Gasteiger partial charge in [-0.1, -0.05) is 24.3 Å². The number of carbonyl (C=O) groups excluding carboxylic acids is 3. The van der Waals surface area contributed by atoms with E-state index in [2.05, 4.69) is 15.6 Å². The predicted octanol–water partition coefficient (Wildman–Crippen LogP) is 2.84. The SMILES string of the molecule is CC(=O)Nc1cccc(N(CC(=O)NCCc2c[nH]c3ccccc23)C(C)=O)c1. The van der Waals surface area contributed by atoms with Crippen LogP contribution in [0.4, 0.5) is 11.4 Å². The quantitative estimate of drug-likeness (QED) is 0.577. The number of amides is 3. The van der Waals surface area contributed by atoms with Gasteiger partial charge in [0.25, 0.3) is 0 Å². The van der Waals surface area contributed by atoms with Crippen molar-refractivity contribution in [2.45, 2.75) is 20.3 Å². The lowest BCUT2D eigenvalue weighted by atomic mass is 10.1. The highest BCUT2D eigenvalue weighted by molar-refractivity contribution is 5.98. The zero-order valence-corrected chi connectivity index (χ0v) is 16.5. The molecule has 0 atom stereocenters. The highest BCUT2D eigenvalue weighted by atomic mass is 16.2. The molecule has 1 heterocycles. The van der Waals surface area contributed by atoms with Gasteiger partial charge in [0.1, 0.15) is 6.54 Å². The van der Waals surface area contributed by atoms with Gasteiger partial charge in [0.2, 0.25) is 17.7 Å². The number of fused-ring (bicyclic) bond motifs is 1. The summed E-state index contributed by atoms with van der Waals surface area (Å²) in [7, 11) is 0. The summed E-state index contributed by atoms with van der Waals surface area (Å²) >= 11 is 0. The van der Waals surface area contributed by atoms with Crippen LogP contribution >= 0.6 is 0 Å². The standard InChI is InChI=1S/C22H24N4O3/c1-15(27)25-18-6-5-7-19(12-18)26(16(2)28)14-22(29)23-11-10-17-13-24-21-9-4-3-8-20(17)21/h3-9,12-13,24H,10-11,14H2,1-2H3,(H,23,29)(H,25,27). The monoisotopic (exact) mass is 392 g/mol. The molecule has 0 aliphatic carbocycles. The van der Waals surface area contributed by atoms with E-state index in [1.807, 2.05) is 30.5 Å². The van der Waals surface area contributed by atoms with Crippen LogP contribution < -0.4 is 15.5 Å². The van der Waals surface area contributed by atoms with Crippen LogP contribution in [0.15, 0.2) is 54.7 Å². The van der Waals surface area contributed by atoms with Crippen molar-refractivity contribution in [1.82, 2.24) is 10.3 Å². The maximum Gasteiger partial charge on any atom is 0.240 e. The Morgan fingerprint density at radius 2 is 1.83 bits per heavy atom. The molecule has 0 bridgehead atoms. The molecule has 0 fully saturated rings. The molecule has 0 radical (unpaired) electrons. The van der Waals surface area contributed by atoms with Crippen LogP contribution in [0.25, 0.3) is 10.9 Å². The van der Waals surface area contributed by atoms with Crippen molar-refractivity contribution in [3.05, 3.63) is 60.3 Å². The van der Waals surface area contributed by atoms with Gasteiger partial charge in [-0.05, 0) is 36.2 Å². The van der Waals surface area contributed by atoms with Crippen molar-refractivity contribution in [2.75, 3.05) is 23.3 Å². The van der Waals surface area contributed by atoms with Crippen molar-refractivity contribution in [3.63, 3.8) is 0 Å². The molecule has 2 aromatic carbocycles. The largest absolute Gasteiger partial charge is 0.361 e. The summed E-state index contributed by atoms with van der Waals surface area (Å²) in [6.07, 6.45) is 2.64. The Morgan fingerprint density at radius 3 is 2.59 bits per heavy atom. The molecular weight excluding hydrogens is 368 g/mol. The number of carbonyl (C=O) groups is 3. The number of aromatic nitrogens is 1. The summed E-state index contributed by atoms with van der Waals surface area (Å²) in [5, 5.41) is 6.69. The van der Waals surface area contributed by atoms with Gasteiger partial charge in [0, 0.05) is 48.9 Å². The summed E-state index contributed by atoms with van der Waals surface area (Å²) in [5.74, 6) is -0.701. The third-order valence-corrected chi connectivity index (χ3v) is 4.55. The average molecular weight is 392 g/mol. The fourth-order valence-corrected chi connectivity index (χ4v) is 3.21. The van der Waals surface area contributed by atoms with Gasteiger partial charge < -0.3 is 20.5 Å². The number of H-pyrrole nitrogens is 1. The Kier molecular flexibility index (Phi) is 6.29. The first-order valence-corrected chi connectivity index (χ1v) is 9.41. The Morgan fingerprint density at radius 1 is 1.03 bits per heavy atom. The maximum atomic E-state index is 12.4. The van der Waals surface area contributed by atoms with Gasteiger partial charge in [-0.2, -0.15) is 0 Å². The molecule has 0 saturated heterocycles. The Bertz CT molecular complexity index is 1040. The van der Waals surface area contributed by atoms with E-state index in [9.17, 15) is 14.4 Å². The second kappa shape index (κ2) is 9.05. The number of aromatic amines is 1. The van der Waals surface area contributed by atoms with E-state index in [4.69, 9.17) is 0 Å². The Labute approximate surface area is 169 Å². The van der Waals surface area contributed by atoms with Crippen LogP contribution in [0, 0.1) is 0 Å². The topological polar surface area (TPSA) is 94.3 Å². The van der Waals surface area contributed by atoms with Gasteiger partial charge in [-0.15, -0.1) is 0 Å². The minimum atomic E-state index is -0.253. The van der Waals surface area contributed by atoms with Crippen LogP contribution in [-0.4, -0.2) is 35.8 Å². The Hall–Kier alpha value is -3.61. The Balaban J connectivity index is 1.60. The second-order valence-electron chi connectivity index (χ2n) is 6.80. The molecule has 3 N–H and O–H groups in total. The first-order valence-electron chi connectivity index (χ1n) is 9.41. The van der Waals surface area contributed by atoms with Gasteiger partial charge in [-0.3, -0.25) is 14.4 Å². The van der Waals surface area contributed by atoms with E-state index >= 15 is 0 Å². The molecule has 3 amide bonds. The first kappa shape index (κ1) is 20.1. The molecule has 0 spiro atoms. The molecule has 150 valence electrons. The van der Waals surface area contributed by atoms with Crippen LogP contribution in [0.5, 0.6) is 0 Å². The molecule has 0 aliphatic heterocycles. The first-order chi connectivity index (χ1) is 13.9.